The van der Waals surface area contributed by atoms with E-state index in [0.717, 1.165) is 31.2 Å². The summed E-state index contributed by atoms with van der Waals surface area (Å²) in [6.07, 6.45) is 1.15. The van der Waals surface area contributed by atoms with E-state index in [2.05, 4.69) is 53.7 Å². The van der Waals surface area contributed by atoms with Crippen LogP contribution in [-0.2, 0) is 6.54 Å². The van der Waals surface area contributed by atoms with Crippen molar-refractivity contribution in [1.82, 2.24) is 15.6 Å². The Labute approximate surface area is 143 Å². The summed E-state index contributed by atoms with van der Waals surface area (Å²) >= 11 is 1.73. The van der Waals surface area contributed by atoms with Crippen LogP contribution in [-0.4, -0.2) is 24.5 Å². The first-order valence-electron chi connectivity index (χ1n) is 6.91. The van der Waals surface area contributed by atoms with E-state index < -0.39 is 0 Å². The van der Waals surface area contributed by atoms with Crippen molar-refractivity contribution in [3.8, 4) is 0 Å². The Morgan fingerprint density at radius 1 is 1.30 bits per heavy atom. The van der Waals surface area contributed by atoms with E-state index >= 15 is 0 Å². The van der Waals surface area contributed by atoms with Gasteiger partial charge in [0.25, 0.3) is 0 Å². The molecule has 0 unspecified atom stereocenters. The molecule has 0 aromatic carbocycles. The van der Waals surface area contributed by atoms with Crippen LogP contribution in [0.2, 0.25) is 0 Å². The summed E-state index contributed by atoms with van der Waals surface area (Å²) in [5.41, 5.74) is 1.08. The first-order chi connectivity index (χ1) is 9.02. The van der Waals surface area contributed by atoms with Gasteiger partial charge in [-0.25, -0.2) is 4.98 Å². The van der Waals surface area contributed by atoms with Crippen molar-refractivity contribution in [2.45, 2.75) is 46.6 Å². The Balaban J connectivity index is 0.00000361. The smallest absolute Gasteiger partial charge is 0.191 e. The minimum Gasteiger partial charge on any atom is -0.356 e. The van der Waals surface area contributed by atoms with Crippen LogP contribution in [0.25, 0.3) is 0 Å². The summed E-state index contributed by atoms with van der Waals surface area (Å²) in [4.78, 5) is 8.81. The Morgan fingerprint density at radius 3 is 2.50 bits per heavy atom. The Bertz CT molecular complexity index is 402. The van der Waals surface area contributed by atoms with Gasteiger partial charge in [-0.2, -0.15) is 0 Å². The predicted molar refractivity (Wildman–Crippen MR) is 99.3 cm³/mol. The van der Waals surface area contributed by atoms with E-state index in [4.69, 9.17) is 0 Å². The third kappa shape index (κ3) is 7.42. The van der Waals surface area contributed by atoms with Gasteiger partial charge in [-0.05, 0) is 12.3 Å². The van der Waals surface area contributed by atoms with Crippen LogP contribution in [0, 0.1) is 5.92 Å². The SMILES string of the molecule is CN=C(NCCC(C)C)NCc1csc(C(C)C)n1.I. The number of hydrogen-bond acceptors (Lipinski definition) is 3. The lowest BCUT2D eigenvalue weighted by Gasteiger charge is -2.12. The van der Waals surface area contributed by atoms with Crippen molar-refractivity contribution in [1.29, 1.82) is 0 Å². The molecule has 1 aromatic heterocycles. The molecule has 0 radical (unpaired) electrons. The van der Waals surface area contributed by atoms with E-state index in [0.29, 0.717) is 11.8 Å². The molecule has 0 aliphatic carbocycles. The van der Waals surface area contributed by atoms with Gasteiger partial charge < -0.3 is 10.6 Å². The lowest BCUT2D eigenvalue weighted by molar-refractivity contribution is 0.573. The van der Waals surface area contributed by atoms with Crippen LogP contribution < -0.4 is 10.6 Å². The largest absolute Gasteiger partial charge is 0.356 e. The zero-order chi connectivity index (χ0) is 14.3. The summed E-state index contributed by atoms with van der Waals surface area (Å²) < 4.78 is 0. The third-order valence-electron chi connectivity index (χ3n) is 2.74. The van der Waals surface area contributed by atoms with E-state index in [1.165, 1.54) is 5.01 Å². The molecule has 0 atom stereocenters. The number of nitrogens with one attached hydrogen (secondary N) is 2. The van der Waals surface area contributed by atoms with Gasteiger partial charge in [0, 0.05) is 24.9 Å². The topological polar surface area (TPSA) is 49.3 Å². The van der Waals surface area contributed by atoms with Crippen molar-refractivity contribution >= 4 is 41.3 Å². The standard InChI is InChI=1S/C14H26N4S.HI/c1-10(2)6-7-16-14(15-5)17-8-12-9-19-13(18-12)11(3)4;/h9-11H,6-8H2,1-5H3,(H2,15,16,17);1H. The summed E-state index contributed by atoms with van der Waals surface area (Å²) in [5.74, 6) is 2.06. The monoisotopic (exact) mass is 410 g/mol. The highest BCUT2D eigenvalue weighted by molar-refractivity contribution is 14.0. The fourth-order valence-electron chi connectivity index (χ4n) is 1.54. The van der Waals surface area contributed by atoms with Crippen LogP contribution in [0.15, 0.2) is 10.4 Å². The molecule has 0 fully saturated rings. The number of hydrogen-bond donors (Lipinski definition) is 2. The molecule has 4 nitrogen and oxygen atoms in total. The molecule has 0 amide bonds. The summed E-state index contributed by atoms with van der Waals surface area (Å²) in [7, 11) is 1.80. The van der Waals surface area contributed by atoms with Gasteiger partial charge in [0.15, 0.2) is 5.96 Å². The maximum atomic E-state index is 4.60. The van der Waals surface area contributed by atoms with Crippen LogP contribution in [0.5, 0.6) is 0 Å². The lowest BCUT2D eigenvalue weighted by atomic mass is 10.1. The zero-order valence-electron chi connectivity index (χ0n) is 13.1. The summed E-state index contributed by atoms with van der Waals surface area (Å²) in [6, 6.07) is 0. The number of guanidine groups is 1. The molecule has 0 spiro atoms. The highest BCUT2D eigenvalue weighted by Gasteiger charge is 2.06. The molecule has 0 aliphatic heterocycles. The fourth-order valence-corrected chi connectivity index (χ4v) is 2.38. The summed E-state index contributed by atoms with van der Waals surface area (Å²) in [6.45, 7) is 10.5. The summed E-state index contributed by atoms with van der Waals surface area (Å²) in [5, 5.41) is 9.92. The number of aliphatic imine (C=N–C) groups is 1. The van der Waals surface area contributed by atoms with Crippen LogP contribution >= 0.6 is 35.3 Å². The number of halogens is 1. The van der Waals surface area contributed by atoms with E-state index in [-0.39, 0.29) is 24.0 Å². The third-order valence-corrected chi connectivity index (χ3v) is 3.93. The second-order valence-corrected chi connectivity index (χ2v) is 6.26. The van der Waals surface area contributed by atoms with Crippen LogP contribution in [0.1, 0.15) is 50.7 Å². The first kappa shape index (κ1) is 19.6. The first-order valence-corrected chi connectivity index (χ1v) is 7.79. The maximum absolute atomic E-state index is 4.60. The number of aromatic nitrogens is 1. The van der Waals surface area contributed by atoms with Crippen LogP contribution in [0.3, 0.4) is 0 Å². The molecule has 0 bridgehead atoms. The Kier molecular flexibility index (Phi) is 10.2. The Hall–Kier alpha value is -0.370. The zero-order valence-corrected chi connectivity index (χ0v) is 16.2. The second-order valence-electron chi connectivity index (χ2n) is 5.37. The number of nitrogens with zero attached hydrogens (tertiary/aromatic N) is 2. The van der Waals surface area contributed by atoms with Gasteiger partial charge in [0.1, 0.15) is 0 Å². The molecule has 6 heteroatoms. The van der Waals surface area contributed by atoms with Gasteiger partial charge >= 0.3 is 0 Å². The molecule has 0 aliphatic rings. The van der Waals surface area contributed by atoms with Gasteiger partial charge in [0.2, 0.25) is 0 Å². The molecule has 2 N–H and O–H groups in total. The second kappa shape index (κ2) is 10.4. The van der Waals surface area contributed by atoms with Gasteiger partial charge in [-0.3, -0.25) is 4.99 Å². The van der Waals surface area contributed by atoms with Gasteiger partial charge in [-0.1, -0.05) is 27.7 Å². The van der Waals surface area contributed by atoms with Crippen molar-refractivity contribution in [2.24, 2.45) is 10.9 Å². The van der Waals surface area contributed by atoms with Crippen LogP contribution in [0.4, 0.5) is 0 Å². The number of rotatable bonds is 6. The highest BCUT2D eigenvalue weighted by Crippen LogP contribution is 2.18. The molecule has 1 rings (SSSR count). The van der Waals surface area contributed by atoms with Crippen molar-refractivity contribution < 1.29 is 0 Å². The number of thiazole rings is 1. The lowest BCUT2D eigenvalue weighted by Crippen LogP contribution is -2.37. The quantitative estimate of drug-likeness (QED) is 0.428. The van der Waals surface area contributed by atoms with E-state index in [1.807, 2.05) is 0 Å². The van der Waals surface area contributed by atoms with Gasteiger partial charge in [-0.15, -0.1) is 35.3 Å². The van der Waals surface area contributed by atoms with E-state index in [1.54, 1.807) is 18.4 Å². The average Bonchev–Trinajstić information content (AvgIpc) is 2.82. The average molecular weight is 410 g/mol. The van der Waals surface area contributed by atoms with E-state index in [9.17, 15) is 0 Å². The molecule has 20 heavy (non-hydrogen) atoms. The minimum atomic E-state index is 0. The molecular weight excluding hydrogens is 383 g/mol. The molecular formula is C14H27IN4S. The molecule has 0 saturated heterocycles. The maximum Gasteiger partial charge on any atom is 0.191 e. The normalized spacial score (nSPS) is 11.7. The van der Waals surface area contributed by atoms with Crippen molar-refractivity contribution in [3.63, 3.8) is 0 Å². The van der Waals surface area contributed by atoms with Crippen molar-refractivity contribution in [2.75, 3.05) is 13.6 Å². The Morgan fingerprint density at radius 2 is 2.00 bits per heavy atom. The molecule has 1 heterocycles. The van der Waals surface area contributed by atoms with Crippen molar-refractivity contribution in [3.05, 3.63) is 16.1 Å². The fraction of sp³-hybridized carbons (Fsp3) is 0.714. The molecule has 0 saturated carbocycles. The molecule has 1 aromatic rings. The van der Waals surface area contributed by atoms with Gasteiger partial charge in [0.05, 0.1) is 17.2 Å². The predicted octanol–water partition coefficient (Wildman–Crippen LogP) is 3.60. The highest BCUT2D eigenvalue weighted by atomic mass is 127. The minimum absolute atomic E-state index is 0. The molecule has 116 valence electrons.